The number of amides is 1. The molecule has 0 bridgehead atoms. The third-order valence-corrected chi connectivity index (χ3v) is 7.70. The number of sulfonamides is 1. The fraction of sp³-hybridized carbons (Fsp3) is 0.375. The zero-order chi connectivity index (χ0) is 23.7. The summed E-state index contributed by atoms with van der Waals surface area (Å²) in [5, 5.41) is 4.15. The Bertz CT molecular complexity index is 1050. The standard InChI is InChI=1S/C14H20N2O3S.C10H10Cl2/c1-12(17)15-11-13-5-7-14(8-6-13)20(18,19)16-9-3-2-4-10-16;1-3-10(12)9-6-8(11)5-4-7(9)2/h5-8H,2-4,9-11H2,1H3,(H,15,17);3-6H,1-2H3/b;10-3+. The van der Waals surface area contributed by atoms with Crippen LogP contribution in [0, 0.1) is 6.92 Å². The molecule has 174 valence electrons. The van der Waals surface area contributed by atoms with Crippen molar-refractivity contribution in [2.45, 2.75) is 51.5 Å². The van der Waals surface area contributed by atoms with Crippen molar-refractivity contribution in [3.05, 3.63) is 70.3 Å². The number of halogens is 2. The van der Waals surface area contributed by atoms with Crippen molar-refractivity contribution in [3.8, 4) is 0 Å². The fourth-order valence-corrected chi connectivity index (χ4v) is 5.16. The molecule has 0 spiro atoms. The smallest absolute Gasteiger partial charge is 0.243 e. The monoisotopic (exact) mass is 496 g/mol. The van der Waals surface area contributed by atoms with Crippen LogP contribution in [-0.4, -0.2) is 31.7 Å². The molecule has 1 heterocycles. The summed E-state index contributed by atoms with van der Waals surface area (Å²) in [6.45, 7) is 7.00. The van der Waals surface area contributed by atoms with Crippen LogP contribution in [0.4, 0.5) is 0 Å². The Labute approximate surface area is 201 Å². The Balaban J connectivity index is 0.000000258. The Kier molecular flexibility index (Phi) is 10.2. The van der Waals surface area contributed by atoms with Crippen LogP contribution in [0.2, 0.25) is 5.02 Å². The van der Waals surface area contributed by atoms with E-state index < -0.39 is 10.0 Å². The molecule has 0 saturated carbocycles. The minimum absolute atomic E-state index is 0.102. The predicted molar refractivity (Wildman–Crippen MR) is 132 cm³/mol. The zero-order valence-corrected chi connectivity index (χ0v) is 21.0. The van der Waals surface area contributed by atoms with Gasteiger partial charge in [-0.3, -0.25) is 4.79 Å². The summed E-state index contributed by atoms with van der Waals surface area (Å²) in [6.07, 6.45) is 4.82. The first-order valence-electron chi connectivity index (χ1n) is 10.6. The van der Waals surface area contributed by atoms with E-state index in [1.165, 1.54) is 6.92 Å². The molecule has 32 heavy (non-hydrogen) atoms. The molecule has 2 aromatic carbocycles. The van der Waals surface area contributed by atoms with E-state index in [0.717, 1.165) is 46.0 Å². The normalized spacial score (nSPS) is 15.0. The van der Waals surface area contributed by atoms with Gasteiger partial charge >= 0.3 is 0 Å². The number of allylic oxidation sites excluding steroid dienone is 1. The van der Waals surface area contributed by atoms with Gasteiger partial charge in [0.25, 0.3) is 0 Å². The minimum Gasteiger partial charge on any atom is -0.352 e. The number of hydrogen-bond donors (Lipinski definition) is 1. The number of aryl methyl sites for hydroxylation is 1. The number of benzene rings is 2. The van der Waals surface area contributed by atoms with E-state index in [9.17, 15) is 13.2 Å². The van der Waals surface area contributed by atoms with Crippen LogP contribution in [0.3, 0.4) is 0 Å². The minimum atomic E-state index is -3.36. The van der Waals surface area contributed by atoms with Crippen molar-refractivity contribution in [1.29, 1.82) is 0 Å². The summed E-state index contributed by atoms with van der Waals surface area (Å²) >= 11 is 11.8. The van der Waals surface area contributed by atoms with E-state index >= 15 is 0 Å². The third kappa shape index (κ3) is 7.62. The number of piperidine rings is 1. The molecule has 0 aromatic heterocycles. The highest BCUT2D eigenvalue weighted by molar-refractivity contribution is 7.89. The summed E-state index contributed by atoms with van der Waals surface area (Å²) in [7, 11) is -3.36. The van der Waals surface area contributed by atoms with E-state index in [4.69, 9.17) is 23.2 Å². The summed E-state index contributed by atoms with van der Waals surface area (Å²) in [6, 6.07) is 12.4. The molecule has 5 nitrogen and oxygen atoms in total. The van der Waals surface area contributed by atoms with E-state index in [0.29, 0.717) is 24.5 Å². The largest absolute Gasteiger partial charge is 0.352 e. The number of hydrogen-bond acceptors (Lipinski definition) is 3. The topological polar surface area (TPSA) is 66.5 Å². The fourth-order valence-electron chi connectivity index (χ4n) is 3.27. The van der Waals surface area contributed by atoms with Gasteiger partial charge in [0.15, 0.2) is 0 Å². The Morgan fingerprint density at radius 1 is 1.09 bits per heavy atom. The maximum Gasteiger partial charge on any atom is 0.243 e. The van der Waals surface area contributed by atoms with Crippen molar-refractivity contribution in [3.63, 3.8) is 0 Å². The maximum atomic E-state index is 12.4. The summed E-state index contributed by atoms with van der Waals surface area (Å²) in [5.74, 6) is -0.102. The van der Waals surface area contributed by atoms with Gasteiger partial charge in [-0.25, -0.2) is 8.42 Å². The maximum absolute atomic E-state index is 12.4. The highest BCUT2D eigenvalue weighted by Crippen LogP contribution is 2.25. The highest BCUT2D eigenvalue weighted by Gasteiger charge is 2.25. The number of nitrogens with one attached hydrogen (secondary N) is 1. The van der Waals surface area contributed by atoms with E-state index in [1.54, 1.807) is 28.6 Å². The number of rotatable bonds is 5. The lowest BCUT2D eigenvalue weighted by Crippen LogP contribution is -2.35. The highest BCUT2D eigenvalue weighted by atomic mass is 35.5. The van der Waals surface area contributed by atoms with Crippen LogP contribution < -0.4 is 5.32 Å². The molecule has 1 aliphatic heterocycles. The quantitative estimate of drug-likeness (QED) is 0.573. The van der Waals surface area contributed by atoms with Crippen LogP contribution in [-0.2, 0) is 21.4 Å². The van der Waals surface area contributed by atoms with Gasteiger partial charge < -0.3 is 5.32 Å². The summed E-state index contributed by atoms with van der Waals surface area (Å²) in [4.78, 5) is 11.2. The molecule has 0 unspecified atom stereocenters. The first kappa shape index (κ1) is 26.4. The molecule has 1 fully saturated rings. The van der Waals surface area contributed by atoms with Crippen molar-refractivity contribution in [1.82, 2.24) is 9.62 Å². The SMILES string of the molecule is C/C=C(/Cl)c1cc(Cl)ccc1C.CC(=O)NCc1ccc(S(=O)(=O)N2CCCCC2)cc1. The van der Waals surface area contributed by atoms with Crippen molar-refractivity contribution < 1.29 is 13.2 Å². The van der Waals surface area contributed by atoms with Gasteiger partial charge in [0.1, 0.15) is 0 Å². The van der Waals surface area contributed by atoms with Gasteiger partial charge in [0.2, 0.25) is 15.9 Å². The lowest BCUT2D eigenvalue weighted by molar-refractivity contribution is -0.119. The van der Waals surface area contributed by atoms with E-state index in [1.807, 2.05) is 38.1 Å². The van der Waals surface area contributed by atoms with Crippen LogP contribution in [0.1, 0.15) is 49.8 Å². The predicted octanol–water partition coefficient (Wildman–Crippen LogP) is 5.75. The molecule has 1 saturated heterocycles. The second kappa shape index (κ2) is 12.4. The van der Waals surface area contributed by atoms with Crippen molar-refractivity contribution >= 4 is 44.2 Å². The first-order valence-corrected chi connectivity index (χ1v) is 12.8. The molecular formula is C24H30Cl2N2O3S. The summed E-state index contributed by atoms with van der Waals surface area (Å²) < 4.78 is 26.4. The van der Waals surface area contributed by atoms with Crippen LogP contribution >= 0.6 is 23.2 Å². The van der Waals surface area contributed by atoms with Gasteiger partial charge in [-0.15, -0.1) is 0 Å². The Morgan fingerprint density at radius 2 is 1.72 bits per heavy atom. The van der Waals surface area contributed by atoms with Gasteiger partial charge in [0.05, 0.1) is 4.90 Å². The molecule has 1 N–H and O–H groups in total. The van der Waals surface area contributed by atoms with Crippen LogP contribution in [0.5, 0.6) is 0 Å². The molecule has 0 atom stereocenters. The Hall–Kier alpha value is -1.86. The summed E-state index contributed by atoms with van der Waals surface area (Å²) in [5.41, 5.74) is 3.03. The van der Waals surface area contributed by atoms with E-state index in [2.05, 4.69) is 5.32 Å². The Morgan fingerprint density at radius 3 is 2.28 bits per heavy atom. The lowest BCUT2D eigenvalue weighted by Gasteiger charge is -2.25. The molecule has 3 rings (SSSR count). The average Bonchev–Trinajstić information content (AvgIpc) is 2.80. The molecule has 0 radical (unpaired) electrons. The van der Waals surface area contributed by atoms with E-state index in [-0.39, 0.29) is 5.91 Å². The number of carbonyl (C=O) groups is 1. The molecular weight excluding hydrogens is 467 g/mol. The van der Waals surface area contributed by atoms with Crippen molar-refractivity contribution in [2.24, 2.45) is 0 Å². The second-order valence-electron chi connectivity index (χ2n) is 7.61. The second-order valence-corrected chi connectivity index (χ2v) is 10.4. The lowest BCUT2D eigenvalue weighted by atomic mass is 10.1. The molecule has 2 aromatic rings. The van der Waals surface area contributed by atoms with Crippen molar-refractivity contribution in [2.75, 3.05) is 13.1 Å². The zero-order valence-electron chi connectivity index (χ0n) is 18.7. The number of carbonyl (C=O) groups excluding carboxylic acids is 1. The van der Waals surface area contributed by atoms with Gasteiger partial charge in [-0.2, -0.15) is 4.31 Å². The van der Waals surface area contributed by atoms with Gasteiger partial charge in [-0.05, 0) is 67.6 Å². The van der Waals surface area contributed by atoms with Crippen LogP contribution in [0.15, 0.2) is 53.4 Å². The van der Waals surface area contributed by atoms with Crippen LogP contribution in [0.25, 0.3) is 5.03 Å². The molecule has 0 aliphatic carbocycles. The first-order chi connectivity index (χ1) is 15.1. The average molecular weight is 497 g/mol. The number of nitrogens with zero attached hydrogens (tertiary/aromatic N) is 1. The molecule has 8 heteroatoms. The third-order valence-electron chi connectivity index (χ3n) is 5.13. The van der Waals surface area contributed by atoms with Gasteiger partial charge in [-0.1, -0.05) is 53.9 Å². The molecule has 1 amide bonds. The molecule has 1 aliphatic rings. The van der Waals surface area contributed by atoms with Gasteiger partial charge in [0, 0.05) is 36.6 Å².